The van der Waals surface area contributed by atoms with Crippen molar-refractivity contribution in [3.63, 3.8) is 0 Å². The molecule has 0 aromatic carbocycles. The van der Waals surface area contributed by atoms with Crippen molar-refractivity contribution in [2.45, 2.75) is 47.1 Å². The topological polar surface area (TPSA) is 21.3 Å². The van der Waals surface area contributed by atoms with E-state index in [-0.39, 0.29) is 0 Å². The van der Waals surface area contributed by atoms with Crippen molar-refractivity contribution < 1.29 is 4.84 Å². The molecule has 0 aliphatic heterocycles. The number of rotatable bonds is 6. The first-order chi connectivity index (χ1) is 5.57. The van der Waals surface area contributed by atoms with Crippen LogP contribution >= 0.6 is 0 Å². The molecular weight excluding hydrogens is 150 g/mol. The smallest absolute Gasteiger partial charge is 0.0705 e. The van der Waals surface area contributed by atoms with Crippen molar-refractivity contribution in [2.75, 3.05) is 6.61 Å². The molecule has 0 aliphatic rings. The molecule has 0 bridgehead atoms. The standard InChI is InChI=1S/C10H23NO/c1-6-9(4)10(5)11-12-7-8(2)3/h8-11H,6-7H2,1-5H3. The van der Waals surface area contributed by atoms with Crippen molar-refractivity contribution in [2.24, 2.45) is 11.8 Å². The van der Waals surface area contributed by atoms with Crippen molar-refractivity contribution in [3.05, 3.63) is 0 Å². The molecule has 0 heterocycles. The average molecular weight is 173 g/mol. The predicted molar refractivity (Wildman–Crippen MR) is 52.8 cm³/mol. The maximum Gasteiger partial charge on any atom is 0.0705 e. The second-order valence-electron chi connectivity index (χ2n) is 4.00. The molecule has 0 fully saturated rings. The van der Waals surface area contributed by atoms with Crippen LogP contribution in [0.3, 0.4) is 0 Å². The van der Waals surface area contributed by atoms with Gasteiger partial charge in [-0.05, 0) is 18.8 Å². The molecule has 0 saturated carbocycles. The Hall–Kier alpha value is -0.0800. The van der Waals surface area contributed by atoms with E-state index < -0.39 is 0 Å². The highest BCUT2D eigenvalue weighted by molar-refractivity contribution is 4.62. The van der Waals surface area contributed by atoms with Crippen LogP contribution in [0, 0.1) is 11.8 Å². The van der Waals surface area contributed by atoms with Crippen LogP contribution in [0.25, 0.3) is 0 Å². The third kappa shape index (κ3) is 5.56. The van der Waals surface area contributed by atoms with Crippen molar-refractivity contribution in [1.29, 1.82) is 0 Å². The summed E-state index contributed by atoms with van der Waals surface area (Å²) in [4.78, 5) is 5.33. The quantitative estimate of drug-likeness (QED) is 0.623. The lowest BCUT2D eigenvalue weighted by atomic mass is 10.0. The van der Waals surface area contributed by atoms with E-state index >= 15 is 0 Å². The first-order valence-electron chi connectivity index (χ1n) is 4.95. The van der Waals surface area contributed by atoms with Gasteiger partial charge in [-0.2, -0.15) is 5.48 Å². The summed E-state index contributed by atoms with van der Waals surface area (Å²) >= 11 is 0. The zero-order valence-electron chi connectivity index (χ0n) is 9.05. The minimum atomic E-state index is 0.453. The summed E-state index contributed by atoms with van der Waals surface area (Å²) in [6.07, 6.45) is 1.19. The van der Waals surface area contributed by atoms with Crippen LogP contribution in [0.5, 0.6) is 0 Å². The van der Waals surface area contributed by atoms with E-state index in [4.69, 9.17) is 4.84 Å². The van der Waals surface area contributed by atoms with Gasteiger partial charge in [0.05, 0.1) is 6.61 Å². The molecule has 2 heteroatoms. The largest absolute Gasteiger partial charge is 0.301 e. The summed E-state index contributed by atoms with van der Waals surface area (Å²) in [6, 6.07) is 0.453. The lowest BCUT2D eigenvalue weighted by molar-refractivity contribution is -0.00664. The van der Waals surface area contributed by atoms with Gasteiger partial charge in [-0.3, -0.25) is 0 Å². The fraction of sp³-hybridized carbons (Fsp3) is 1.00. The molecule has 2 nitrogen and oxygen atoms in total. The molecule has 0 rings (SSSR count). The van der Waals surface area contributed by atoms with Crippen molar-refractivity contribution >= 4 is 0 Å². The minimum Gasteiger partial charge on any atom is -0.301 e. The first kappa shape index (κ1) is 11.9. The Morgan fingerprint density at radius 3 is 2.17 bits per heavy atom. The van der Waals surface area contributed by atoms with Gasteiger partial charge < -0.3 is 4.84 Å². The van der Waals surface area contributed by atoms with E-state index in [9.17, 15) is 0 Å². The van der Waals surface area contributed by atoms with Gasteiger partial charge in [-0.25, -0.2) is 0 Å². The monoisotopic (exact) mass is 173 g/mol. The van der Waals surface area contributed by atoms with Crippen LogP contribution in [0.15, 0.2) is 0 Å². The molecule has 74 valence electrons. The van der Waals surface area contributed by atoms with Gasteiger partial charge in [-0.15, -0.1) is 0 Å². The zero-order valence-corrected chi connectivity index (χ0v) is 9.05. The van der Waals surface area contributed by atoms with Crippen molar-refractivity contribution in [1.82, 2.24) is 5.48 Å². The molecule has 0 aliphatic carbocycles. The molecule has 2 unspecified atom stereocenters. The van der Waals surface area contributed by atoms with Gasteiger partial charge >= 0.3 is 0 Å². The first-order valence-corrected chi connectivity index (χ1v) is 4.95. The second-order valence-corrected chi connectivity index (χ2v) is 4.00. The third-order valence-electron chi connectivity index (χ3n) is 2.18. The van der Waals surface area contributed by atoms with E-state index in [1.165, 1.54) is 6.42 Å². The highest BCUT2D eigenvalue weighted by atomic mass is 16.6. The van der Waals surface area contributed by atoms with Gasteiger partial charge in [0.2, 0.25) is 0 Å². The highest BCUT2D eigenvalue weighted by Crippen LogP contribution is 2.06. The van der Waals surface area contributed by atoms with Gasteiger partial charge in [0.15, 0.2) is 0 Å². The molecular formula is C10H23NO. The Labute approximate surface area is 76.6 Å². The highest BCUT2D eigenvalue weighted by Gasteiger charge is 2.09. The summed E-state index contributed by atoms with van der Waals surface area (Å²) in [5.74, 6) is 1.28. The Balaban J connectivity index is 3.37. The minimum absolute atomic E-state index is 0.453. The van der Waals surface area contributed by atoms with Crippen LogP contribution in [0.1, 0.15) is 41.0 Å². The summed E-state index contributed by atoms with van der Waals surface area (Å²) in [7, 11) is 0. The van der Waals surface area contributed by atoms with Gasteiger partial charge in [0, 0.05) is 6.04 Å². The zero-order chi connectivity index (χ0) is 9.56. The predicted octanol–water partition coefficient (Wildman–Crippen LogP) is 2.60. The molecule has 0 spiro atoms. The van der Waals surface area contributed by atoms with E-state index in [0.717, 1.165) is 6.61 Å². The number of hydroxylamine groups is 1. The summed E-state index contributed by atoms with van der Waals surface area (Å²) in [5.41, 5.74) is 3.06. The molecule has 0 amide bonds. The number of hydrogen-bond donors (Lipinski definition) is 1. The summed E-state index contributed by atoms with van der Waals surface area (Å²) in [5, 5.41) is 0. The van der Waals surface area contributed by atoms with E-state index in [2.05, 4.69) is 40.1 Å². The van der Waals surface area contributed by atoms with E-state index in [1.54, 1.807) is 0 Å². The Kier molecular flexibility index (Phi) is 6.39. The van der Waals surface area contributed by atoms with Gasteiger partial charge in [-0.1, -0.05) is 34.1 Å². The van der Waals surface area contributed by atoms with Gasteiger partial charge in [0.1, 0.15) is 0 Å². The molecule has 2 atom stereocenters. The van der Waals surface area contributed by atoms with Crippen LogP contribution in [-0.4, -0.2) is 12.6 Å². The molecule has 0 aromatic heterocycles. The number of hydrogen-bond acceptors (Lipinski definition) is 2. The number of nitrogens with one attached hydrogen (secondary N) is 1. The Morgan fingerprint density at radius 2 is 1.75 bits per heavy atom. The van der Waals surface area contributed by atoms with Crippen LogP contribution in [-0.2, 0) is 4.84 Å². The molecule has 12 heavy (non-hydrogen) atoms. The van der Waals surface area contributed by atoms with Crippen LogP contribution in [0.4, 0.5) is 0 Å². The normalized spacial score (nSPS) is 16.5. The fourth-order valence-electron chi connectivity index (χ4n) is 0.816. The maximum absolute atomic E-state index is 5.33. The lowest BCUT2D eigenvalue weighted by Crippen LogP contribution is -2.32. The Bertz CT molecular complexity index is 104. The Morgan fingerprint density at radius 1 is 1.17 bits per heavy atom. The van der Waals surface area contributed by atoms with Crippen molar-refractivity contribution in [3.8, 4) is 0 Å². The average Bonchev–Trinajstić information content (AvgIpc) is 2.02. The van der Waals surface area contributed by atoms with Gasteiger partial charge in [0.25, 0.3) is 0 Å². The maximum atomic E-state index is 5.33. The second kappa shape index (κ2) is 6.44. The SMILES string of the molecule is CCC(C)C(C)NOCC(C)C. The summed E-state index contributed by atoms with van der Waals surface area (Å²) < 4.78 is 0. The van der Waals surface area contributed by atoms with E-state index in [0.29, 0.717) is 17.9 Å². The van der Waals surface area contributed by atoms with Crippen LogP contribution in [0.2, 0.25) is 0 Å². The fourth-order valence-corrected chi connectivity index (χ4v) is 0.816. The van der Waals surface area contributed by atoms with Crippen LogP contribution < -0.4 is 5.48 Å². The van der Waals surface area contributed by atoms with E-state index in [1.807, 2.05) is 0 Å². The molecule has 1 N–H and O–H groups in total. The third-order valence-corrected chi connectivity index (χ3v) is 2.18. The summed E-state index contributed by atoms with van der Waals surface area (Å²) in [6.45, 7) is 11.7. The molecule has 0 saturated heterocycles. The molecule has 0 radical (unpaired) electrons. The molecule has 0 aromatic rings. The lowest BCUT2D eigenvalue weighted by Gasteiger charge is -2.19.